The summed E-state index contributed by atoms with van der Waals surface area (Å²) >= 11 is 5.87. The van der Waals surface area contributed by atoms with Crippen molar-refractivity contribution in [2.75, 3.05) is 7.05 Å². The van der Waals surface area contributed by atoms with Crippen LogP contribution < -0.4 is 5.73 Å². The molecule has 1 rings (SSSR count). The molecule has 1 aromatic carbocycles. The Labute approximate surface area is 120 Å². The Kier molecular flexibility index (Phi) is 5.83. The lowest BCUT2D eigenvalue weighted by molar-refractivity contribution is -0.133. The molecule has 0 heterocycles. The highest BCUT2D eigenvalue weighted by atomic mass is 35.5. The first-order chi connectivity index (χ1) is 8.82. The van der Waals surface area contributed by atoms with E-state index < -0.39 is 6.04 Å². The lowest BCUT2D eigenvalue weighted by Crippen LogP contribution is -2.43. The third kappa shape index (κ3) is 4.51. The molecule has 0 radical (unpaired) electrons. The molecule has 1 aromatic rings. The lowest BCUT2D eigenvalue weighted by Gasteiger charge is -2.28. The molecule has 0 bridgehead atoms. The Morgan fingerprint density at radius 3 is 2.26 bits per heavy atom. The van der Waals surface area contributed by atoms with Crippen molar-refractivity contribution in [2.24, 2.45) is 11.7 Å². The van der Waals surface area contributed by atoms with Gasteiger partial charge in [0.25, 0.3) is 0 Å². The van der Waals surface area contributed by atoms with Crippen LogP contribution in [-0.2, 0) is 4.79 Å². The minimum atomic E-state index is -0.431. The zero-order valence-electron chi connectivity index (χ0n) is 12.1. The number of rotatable bonds is 5. The van der Waals surface area contributed by atoms with Crippen LogP contribution in [0.5, 0.6) is 0 Å². The zero-order chi connectivity index (χ0) is 14.6. The maximum absolute atomic E-state index is 12.2. The van der Waals surface area contributed by atoms with Crippen molar-refractivity contribution in [2.45, 2.75) is 39.3 Å². The summed E-state index contributed by atoms with van der Waals surface area (Å²) in [6.07, 6.45) is 0.705. The predicted molar refractivity (Wildman–Crippen MR) is 80.1 cm³/mol. The topological polar surface area (TPSA) is 46.3 Å². The molecule has 3 nitrogen and oxygen atoms in total. The molecule has 0 aliphatic heterocycles. The number of hydrogen-bond donors (Lipinski definition) is 1. The first-order valence-corrected chi connectivity index (χ1v) is 6.98. The molecule has 0 aliphatic rings. The minimum absolute atomic E-state index is 0.0111. The minimum Gasteiger partial charge on any atom is -0.338 e. The fourth-order valence-corrected chi connectivity index (χ4v) is 2.15. The van der Waals surface area contributed by atoms with Gasteiger partial charge in [0.15, 0.2) is 0 Å². The van der Waals surface area contributed by atoms with Crippen molar-refractivity contribution >= 4 is 17.5 Å². The summed E-state index contributed by atoms with van der Waals surface area (Å²) < 4.78 is 0. The van der Waals surface area contributed by atoms with E-state index in [1.807, 2.05) is 31.2 Å². The van der Waals surface area contributed by atoms with E-state index in [2.05, 4.69) is 13.8 Å². The highest BCUT2D eigenvalue weighted by Gasteiger charge is 2.23. The third-order valence-corrected chi connectivity index (χ3v) is 3.58. The predicted octanol–water partition coefficient (Wildman–Crippen LogP) is 3.23. The lowest BCUT2D eigenvalue weighted by atomic mass is 10.0. The van der Waals surface area contributed by atoms with Crippen molar-refractivity contribution in [3.05, 3.63) is 34.9 Å². The van der Waals surface area contributed by atoms with E-state index in [9.17, 15) is 4.79 Å². The molecule has 0 aliphatic carbocycles. The average molecular weight is 283 g/mol. The van der Waals surface area contributed by atoms with Gasteiger partial charge in [0, 0.05) is 12.1 Å². The van der Waals surface area contributed by atoms with Gasteiger partial charge in [-0.3, -0.25) is 4.79 Å². The van der Waals surface area contributed by atoms with E-state index in [4.69, 9.17) is 17.3 Å². The molecular formula is C15H23ClN2O. The summed E-state index contributed by atoms with van der Waals surface area (Å²) in [5.74, 6) is 0.398. The van der Waals surface area contributed by atoms with Gasteiger partial charge < -0.3 is 10.6 Å². The van der Waals surface area contributed by atoms with Gasteiger partial charge in [-0.25, -0.2) is 0 Å². The summed E-state index contributed by atoms with van der Waals surface area (Å²) in [6, 6.07) is 7.09. The number of likely N-dealkylation sites (N-methyl/N-ethyl adjacent to an activating group) is 1. The molecule has 19 heavy (non-hydrogen) atoms. The smallest absolute Gasteiger partial charge is 0.239 e. The van der Waals surface area contributed by atoms with Crippen LogP contribution in [0.3, 0.4) is 0 Å². The van der Waals surface area contributed by atoms with Crippen LogP contribution in [0.4, 0.5) is 0 Å². The van der Waals surface area contributed by atoms with Gasteiger partial charge in [0.1, 0.15) is 0 Å². The first-order valence-electron chi connectivity index (χ1n) is 6.60. The van der Waals surface area contributed by atoms with Gasteiger partial charge in [0.05, 0.1) is 12.1 Å². The second-order valence-corrected chi connectivity index (χ2v) is 5.85. The number of amides is 1. The van der Waals surface area contributed by atoms with Crippen LogP contribution in [-0.4, -0.2) is 23.9 Å². The van der Waals surface area contributed by atoms with Crippen molar-refractivity contribution in [3.8, 4) is 0 Å². The van der Waals surface area contributed by atoms with Gasteiger partial charge >= 0.3 is 0 Å². The summed E-state index contributed by atoms with van der Waals surface area (Å²) in [5.41, 5.74) is 7.00. The first kappa shape index (κ1) is 16.0. The van der Waals surface area contributed by atoms with E-state index >= 15 is 0 Å². The molecular weight excluding hydrogens is 260 g/mol. The largest absolute Gasteiger partial charge is 0.338 e. The summed E-state index contributed by atoms with van der Waals surface area (Å²) in [6.45, 7) is 6.12. The van der Waals surface area contributed by atoms with E-state index in [0.717, 1.165) is 5.56 Å². The number of benzene rings is 1. The van der Waals surface area contributed by atoms with Crippen LogP contribution in [0.25, 0.3) is 0 Å². The van der Waals surface area contributed by atoms with Gasteiger partial charge in [-0.15, -0.1) is 0 Å². The number of nitrogens with zero attached hydrogens (tertiary/aromatic N) is 1. The van der Waals surface area contributed by atoms with E-state index in [0.29, 0.717) is 17.4 Å². The van der Waals surface area contributed by atoms with Crippen LogP contribution in [0, 0.1) is 5.92 Å². The van der Waals surface area contributed by atoms with Crippen LogP contribution >= 0.6 is 11.6 Å². The maximum Gasteiger partial charge on any atom is 0.239 e. The molecule has 2 N–H and O–H groups in total. The highest BCUT2D eigenvalue weighted by Crippen LogP contribution is 2.21. The Balaban J connectivity index is 2.73. The molecule has 0 fully saturated rings. The average Bonchev–Trinajstić information content (AvgIpc) is 2.36. The standard InChI is InChI=1S/C15H23ClN2O/c1-10(2)9-14(17)15(19)18(4)11(3)12-5-7-13(16)8-6-12/h5-8,10-11,14H,9,17H2,1-4H3. The number of carbonyl (C=O) groups excluding carboxylic acids is 1. The molecule has 0 spiro atoms. The van der Waals surface area contributed by atoms with Crippen LogP contribution in [0.1, 0.15) is 38.8 Å². The molecule has 2 atom stereocenters. The molecule has 0 aromatic heterocycles. The SMILES string of the molecule is CC(C)CC(N)C(=O)N(C)C(C)c1ccc(Cl)cc1. The monoisotopic (exact) mass is 282 g/mol. The molecule has 106 valence electrons. The van der Waals surface area contributed by atoms with E-state index in [1.54, 1.807) is 11.9 Å². The number of hydrogen-bond acceptors (Lipinski definition) is 2. The second kappa shape index (κ2) is 6.92. The quantitative estimate of drug-likeness (QED) is 0.901. The Hall–Kier alpha value is -1.06. The zero-order valence-corrected chi connectivity index (χ0v) is 12.8. The van der Waals surface area contributed by atoms with Crippen molar-refractivity contribution < 1.29 is 4.79 Å². The molecule has 4 heteroatoms. The fourth-order valence-electron chi connectivity index (χ4n) is 2.03. The molecule has 0 saturated heterocycles. The number of nitrogens with two attached hydrogens (primary N) is 1. The summed E-state index contributed by atoms with van der Waals surface area (Å²) in [5, 5.41) is 0.696. The maximum atomic E-state index is 12.2. The molecule has 0 saturated carbocycles. The summed E-state index contributed by atoms with van der Waals surface area (Å²) in [4.78, 5) is 13.9. The highest BCUT2D eigenvalue weighted by molar-refractivity contribution is 6.30. The van der Waals surface area contributed by atoms with E-state index in [1.165, 1.54) is 0 Å². The van der Waals surface area contributed by atoms with Gasteiger partial charge in [-0.2, -0.15) is 0 Å². The normalized spacial score (nSPS) is 14.3. The molecule has 2 unspecified atom stereocenters. The van der Waals surface area contributed by atoms with Crippen LogP contribution in [0.15, 0.2) is 24.3 Å². The third-order valence-electron chi connectivity index (χ3n) is 3.32. The van der Waals surface area contributed by atoms with E-state index in [-0.39, 0.29) is 11.9 Å². The van der Waals surface area contributed by atoms with Gasteiger partial charge in [-0.1, -0.05) is 37.6 Å². The number of halogens is 1. The van der Waals surface area contributed by atoms with Crippen molar-refractivity contribution in [3.63, 3.8) is 0 Å². The Morgan fingerprint density at radius 2 is 1.79 bits per heavy atom. The van der Waals surface area contributed by atoms with Crippen LogP contribution in [0.2, 0.25) is 5.02 Å². The Morgan fingerprint density at radius 1 is 1.26 bits per heavy atom. The molecule has 1 amide bonds. The van der Waals surface area contributed by atoms with Gasteiger partial charge in [0.2, 0.25) is 5.91 Å². The van der Waals surface area contributed by atoms with Gasteiger partial charge in [-0.05, 0) is 37.0 Å². The van der Waals surface area contributed by atoms with Crippen molar-refractivity contribution in [1.29, 1.82) is 0 Å². The van der Waals surface area contributed by atoms with Crippen molar-refractivity contribution in [1.82, 2.24) is 4.90 Å². The second-order valence-electron chi connectivity index (χ2n) is 5.41. The fraction of sp³-hybridized carbons (Fsp3) is 0.533. The summed E-state index contributed by atoms with van der Waals surface area (Å²) in [7, 11) is 1.79. The Bertz CT molecular complexity index is 417. The number of carbonyl (C=O) groups is 1.